The number of fused-ring (bicyclic) bond motifs is 1. The van der Waals surface area contributed by atoms with Crippen molar-refractivity contribution >= 4 is 29.3 Å². The predicted octanol–water partition coefficient (Wildman–Crippen LogP) is 6.00. The number of para-hydroxylation sites is 1. The van der Waals surface area contributed by atoms with Gasteiger partial charge < -0.3 is 34.5 Å². The van der Waals surface area contributed by atoms with E-state index in [1.165, 1.54) is 12.0 Å². The monoisotopic (exact) mass is 609 g/mol. The summed E-state index contributed by atoms with van der Waals surface area (Å²) in [5, 5.41) is 5.68. The molecule has 0 radical (unpaired) electrons. The lowest BCUT2D eigenvalue weighted by Gasteiger charge is -2.41. The SMILES string of the molecule is CCOC(CN1C(=O)C(CC(=O)OC2CCCC(C)(C(C)C)C2)(NC(=O)Nc2cccc(OC)c2)c2ccccc21)OCC. The second-order valence-electron chi connectivity index (χ2n) is 12.2. The third-order valence-electron chi connectivity index (χ3n) is 9.03. The fourth-order valence-corrected chi connectivity index (χ4v) is 6.30. The number of hydrogen-bond acceptors (Lipinski definition) is 7. The first-order valence-corrected chi connectivity index (χ1v) is 15.6. The molecule has 240 valence electrons. The van der Waals surface area contributed by atoms with Gasteiger partial charge in [-0.2, -0.15) is 0 Å². The van der Waals surface area contributed by atoms with Crippen LogP contribution in [-0.2, 0) is 29.3 Å². The van der Waals surface area contributed by atoms with E-state index in [0.29, 0.717) is 41.8 Å². The minimum Gasteiger partial charge on any atom is -0.497 e. The number of methoxy groups -OCH3 is 1. The van der Waals surface area contributed by atoms with E-state index >= 15 is 0 Å². The second-order valence-corrected chi connectivity index (χ2v) is 12.2. The van der Waals surface area contributed by atoms with E-state index in [4.69, 9.17) is 18.9 Å². The normalized spacial score (nSPS) is 23.0. The smallest absolute Gasteiger partial charge is 0.320 e. The first-order chi connectivity index (χ1) is 21.0. The molecule has 0 bridgehead atoms. The average molecular weight is 610 g/mol. The van der Waals surface area contributed by atoms with Crippen molar-refractivity contribution in [2.75, 3.05) is 37.1 Å². The molecule has 2 aromatic carbocycles. The van der Waals surface area contributed by atoms with Crippen molar-refractivity contribution in [3.63, 3.8) is 0 Å². The fourth-order valence-electron chi connectivity index (χ4n) is 6.30. The minimum absolute atomic E-state index is 0.0654. The first-order valence-electron chi connectivity index (χ1n) is 15.6. The predicted molar refractivity (Wildman–Crippen MR) is 169 cm³/mol. The molecule has 44 heavy (non-hydrogen) atoms. The summed E-state index contributed by atoms with van der Waals surface area (Å²) in [5.41, 5.74) is -0.101. The average Bonchev–Trinajstić information content (AvgIpc) is 3.20. The van der Waals surface area contributed by atoms with E-state index in [9.17, 15) is 14.4 Å². The Hall–Kier alpha value is -3.63. The molecule has 1 aliphatic heterocycles. The van der Waals surface area contributed by atoms with E-state index in [2.05, 4.69) is 31.4 Å². The highest BCUT2D eigenvalue weighted by Crippen LogP contribution is 2.45. The number of ether oxygens (including phenoxy) is 4. The van der Waals surface area contributed by atoms with Crippen LogP contribution in [0.2, 0.25) is 0 Å². The highest BCUT2D eigenvalue weighted by atomic mass is 16.7. The van der Waals surface area contributed by atoms with Crippen LogP contribution in [0.15, 0.2) is 48.5 Å². The molecule has 1 aliphatic carbocycles. The van der Waals surface area contributed by atoms with Gasteiger partial charge in [0, 0.05) is 30.5 Å². The van der Waals surface area contributed by atoms with E-state index < -0.39 is 29.7 Å². The molecule has 4 rings (SSSR count). The number of esters is 1. The van der Waals surface area contributed by atoms with Crippen LogP contribution in [0.3, 0.4) is 0 Å². The molecule has 2 aliphatic rings. The van der Waals surface area contributed by atoms with E-state index in [-0.39, 0.29) is 24.5 Å². The molecule has 0 aromatic heterocycles. The van der Waals surface area contributed by atoms with Crippen molar-refractivity contribution in [3.05, 3.63) is 54.1 Å². The number of anilines is 2. The zero-order valence-corrected chi connectivity index (χ0v) is 26.8. The highest BCUT2D eigenvalue weighted by Gasteiger charge is 2.54. The summed E-state index contributed by atoms with van der Waals surface area (Å²) in [4.78, 5) is 43.3. The molecule has 0 spiro atoms. The maximum Gasteiger partial charge on any atom is 0.320 e. The van der Waals surface area contributed by atoms with Crippen LogP contribution < -0.4 is 20.3 Å². The Morgan fingerprint density at radius 1 is 1.07 bits per heavy atom. The molecular formula is C34H47N3O7. The number of amides is 3. The van der Waals surface area contributed by atoms with Crippen molar-refractivity contribution in [2.45, 2.75) is 84.7 Å². The van der Waals surface area contributed by atoms with Gasteiger partial charge in [-0.1, -0.05) is 45.0 Å². The second kappa shape index (κ2) is 14.4. The Balaban J connectivity index is 1.66. The third kappa shape index (κ3) is 7.35. The van der Waals surface area contributed by atoms with Gasteiger partial charge in [-0.25, -0.2) is 4.79 Å². The molecular weight excluding hydrogens is 562 g/mol. The molecule has 1 heterocycles. The van der Waals surface area contributed by atoms with Crippen LogP contribution in [0, 0.1) is 11.3 Å². The minimum atomic E-state index is -1.71. The summed E-state index contributed by atoms with van der Waals surface area (Å²) in [5.74, 6) is 0.00322. The van der Waals surface area contributed by atoms with Crippen LogP contribution in [-0.4, -0.2) is 57.2 Å². The van der Waals surface area contributed by atoms with Crippen LogP contribution in [0.1, 0.15) is 72.3 Å². The maximum atomic E-state index is 14.5. The zero-order valence-electron chi connectivity index (χ0n) is 26.8. The number of nitrogens with zero attached hydrogens (tertiary/aromatic N) is 1. The van der Waals surface area contributed by atoms with Gasteiger partial charge in [-0.15, -0.1) is 0 Å². The van der Waals surface area contributed by atoms with Gasteiger partial charge in [0.05, 0.1) is 25.8 Å². The quantitative estimate of drug-likeness (QED) is 0.212. The number of urea groups is 1. The van der Waals surface area contributed by atoms with Gasteiger partial charge in [0.25, 0.3) is 5.91 Å². The summed E-state index contributed by atoms with van der Waals surface area (Å²) in [6.45, 7) is 11.2. The molecule has 1 fully saturated rings. The zero-order chi connectivity index (χ0) is 31.9. The van der Waals surface area contributed by atoms with E-state index in [1.54, 1.807) is 42.5 Å². The summed E-state index contributed by atoms with van der Waals surface area (Å²) < 4.78 is 22.9. The van der Waals surface area contributed by atoms with E-state index in [1.807, 2.05) is 19.9 Å². The molecule has 3 amide bonds. The number of nitrogens with one attached hydrogen (secondary N) is 2. The molecule has 10 heteroatoms. The Morgan fingerprint density at radius 3 is 2.48 bits per heavy atom. The van der Waals surface area contributed by atoms with Crippen LogP contribution in [0.5, 0.6) is 5.75 Å². The Kier molecular flexibility index (Phi) is 10.9. The maximum absolute atomic E-state index is 14.5. The number of rotatable bonds is 13. The van der Waals surface area contributed by atoms with Gasteiger partial charge in [-0.3, -0.25) is 9.59 Å². The van der Waals surface area contributed by atoms with Crippen molar-refractivity contribution in [1.29, 1.82) is 0 Å². The summed E-state index contributed by atoms with van der Waals surface area (Å²) >= 11 is 0. The Morgan fingerprint density at radius 2 is 1.80 bits per heavy atom. The largest absolute Gasteiger partial charge is 0.497 e. The van der Waals surface area contributed by atoms with Crippen LogP contribution >= 0.6 is 0 Å². The van der Waals surface area contributed by atoms with E-state index in [0.717, 1.165) is 25.7 Å². The lowest BCUT2D eigenvalue weighted by Crippen LogP contribution is -2.56. The van der Waals surface area contributed by atoms with Crippen molar-refractivity contribution < 1.29 is 33.3 Å². The number of carbonyl (C=O) groups excluding carboxylic acids is 3. The molecule has 3 unspecified atom stereocenters. The van der Waals surface area contributed by atoms with Crippen molar-refractivity contribution in [2.24, 2.45) is 11.3 Å². The first kappa shape index (κ1) is 33.3. The van der Waals surface area contributed by atoms with Crippen molar-refractivity contribution in [1.82, 2.24) is 5.32 Å². The topological polar surface area (TPSA) is 115 Å². The molecule has 2 N–H and O–H groups in total. The van der Waals surface area contributed by atoms with Gasteiger partial charge >= 0.3 is 12.0 Å². The van der Waals surface area contributed by atoms with Crippen LogP contribution in [0.25, 0.3) is 0 Å². The molecule has 0 saturated heterocycles. The standard InChI is InChI=1S/C34H47N3O7/c1-7-42-30(43-8-2)22-37-28-17-10-9-16-27(28)34(31(37)39,36-32(40)35-24-13-11-14-25(19-24)41-6)21-29(38)44-26-15-12-18-33(5,20-26)23(3)4/h9-11,13-14,16-17,19,23,26,30H,7-8,12,15,18,20-22H2,1-6H3,(H2,35,36,40). The number of hydrogen-bond donors (Lipinski definition) is 2. The van der Waals surface area contributed by atoms with Crippen LogP contribution in [0.4, 0.5) is 16.2 Å². The summed E-state index contributed by atoms with van der Waals surface area (Å²) in [6.07, 6.45) is 2.26. The highest BCUT2D eigenvalue weighted by molar-refractivity contribution is 6.11. The van der Waals surface area contributed by atoms with Gasteiger partial charge in [-0.05, 0) is 69.1 Å². The lowest BCUT2D eigenvalue weighted by molar-refractivity contribution is -0.156. The lowest BCUT2D eigenvalue weighted by atomic mass is 9.67. The third-order valence-corrected chi connectivity index (χ3v) is 9.03. The number of benzene rings is 2. The van der Waals surface area contributed by atoms with Crippen molar-refractivity contribution in [3.8, 4) is 5.75 Å². The summed E-state index contributed by atoms with van der Waals surface area (Å²) in [7, 11) is 1.54. The molecule has 2 aromatic rings. The van der Waals surface area contributed by atoms with Gasteiger partial charge in [0.1, 0.15) is 11.9 Å². The molecule has 10 nitrogen and oxygen atoms in total. The fraction of sp³-hybridized carbons (Fsp3) is 0.559. The Bertz CT molecular complexity index is 1310. The van der Waals surface area contributed by atoms with Gasteiger partial charge in [0.2, 0.25) is 0 Å². The molecule has 1 saturated carbocycles. The van der Waals surface area contributed by atoms with Gasteiger partial charge in [0.15, 0.2) is 11.8 Å². The number of carbonyl (C=O) groups is 3. The molecule has 3 atom stereocenters. The summed E-state index contributed by atoms with van der Waals surface area (Å²) in [6, 6.07) is 13.4. The Labute approximate surface area is 260 Å².